The van der Waals surface area contributed by atoms with Crippen molar-refractivity contribution < 1.29 is 13.2 Å². The summed E-state index contributed by atoms with van der Waals surface area (Å²) >= 11 is 0. The van der Waals surface area contributed by atoms with Crippen LogP contribution in [0.5, 0.6) is 0 Å². The van der Waals surface area contributed by atoms with Crippen molar-refractivity contribution in [3.8, 4) is 0 Å². The summed E-state index contributed by atoms with van der Waals surface area (Å²) in [7, 11) is -1.94. The van der Waals surface area contributed by atoms with Gasteiger partial charge in [0.25, 0.3) is 5.91 Å². The quantitative estimate of drug-likeness (QED) is 0.861. The molecular formula is C17H20ClN3O3S. The molecule has 0 aromatic heterocycles. The van der Waals surface area contributed by atoms with Crippen molar-refractivity contribution in [1.82, 2.24) is 4.31 Å². The minimum absolute atomic E-state index is 0. The molecule has 1 atom stereocenters. The molecule has 4 rings (SSSR count). The number of benzene rings is 2. The first-order valence-electron chi connectivity index (χ1n) is 8.01. The number of sulfonamides is 1. The molecule has 2 heterocycles. The third-order valence-corrected chi connectivity index (χ3v) is 6.84. The van der Waals surface area contributed by atoms with E-state index in [1.807, 2.05) is 0 Å². The van der Waals surface area contributed by atoms with Crippen LogP contribution in [-0.4, -0.2) is 44.8 Å². The number of carbonyl (C=O) groups excluding carboxylic acids is 1. The Labute approximate surface area is 153 Å². The number of piperidine rings is 1. The van der Waals surface area contributed by atoms with Gasteiger partial charge in [0.15, 0.2) is 0 Å². The van der Waals surface area contributed by atoms with E-state index in [0.29, 0.717) is 29.4 Å². The van der Waals surface area contributed by atoms with Crippen molar-refractivity contribution in [3.05, 3.63) is 35.9 Å². The Balaban J connectivity index is 0.00000182. The highest BCUT2D eigenvalue weighted by Crippen LogP contribution is 2.40. The molecular weight excluding hydrogens is 362 g/mol. The normalized spacial score (nSPS) is 20.8. The maximum absolute atomic E-state index is 13.1. The van der Waals surface area contributed by atoms with Crippen LogP contribution in [0.15, 0.2) is 35.2 Å². The summed E-state index contributed by atoms with van der Waals surface area (Å²) in [6.45, 7) is 0.821. The second-order valence-corrected chi connectivity index (χ2v) is 8.35. The van der Waals surface area contributed by atoms with Crippen LogP contribution < -0.4 is 10.6 Å². The van der Waals surface area contributed by atoms with Crippen molar-refractivity contribution in [2.75, 3.05) is 25.0 Å². The van der Waals surface area contributed by atoms with Gasteiger partial charge in [-0.25, -0.2) is 8.42 Å². The lowest BCUT2D eigenvalue weighted by molar-refractivity contribution is 0.0999. The minimum atomic E-state index is -3.64. The van der Waals surface area contributed by atoms with Gasteiger partial charge in [0.2, 0.25) is 10.0 Å². The standard InChI is InChI=1S/C17H19N3O3S.ClH/c1-19-14-7-8-15(12-5-2-6-13(16(12)14)17(19)21)24(22,23)20-9-3-4-11(18)10-20;/h2,5-8,11H,3-4,9-10,18H2,1H3;1H. The molecule has 0 radical (unpaired) electrons. The number of nitrogens with two attached hydrogens (primary N) is 1. The van der Waals surface area contributed by atoms with Crippen LogP contribution in [-0.2, 0) is 10.0 Å². The lowest BCUT2D eigenvalue weighted by Gasteiger charge is -2.30. The number of anilines is 1. The molecule has 0 aliphatic carbocycles. The summed E-state index contributed by atoms with van der Waals surface area (Å²) in [6, 6.07) is 8.44. The van der Waals surface area contributed by atoms with Gasteiger partial charge in [-0.3, -0.25) is 4.79 Å². The van der Waals surface area contributed by atoms with Gasteiger partial charge < -0.3 is 10.6 Å². The molecule has 6 nitrogen and oxygen atoms in total. The zero-order chi connectivity index (χ0) is 17.1. The Kier molecular flexibility index (Phi) is 4.53. The molecule has 2 aromatic rings. The van der Waals surface area contributed by atoms with Gasteiger partial charge in [-0.15, -0.1) is 12.4 Å². The second-order valence-electron chi connectivity index (χ2n) is 6.44. The smallest absolute Gasteiger partial charge is 0.258 e. The van der Waals surface area contributed by atoms with Gasteiger partial charge in [0.1, 0.15) is 0 Å². The van der Waals surface area contributed by atoms with Crippen molar-refractivity contribution in [3.63, 3.8) is 0 Å². The number of carbonyl (C=O) groups is 1. The molecule has 134 valence electrons. The molecule has 1 fully saturated rings. The molecule has 1 saturated heterocycles. The monoisotopic (exact) mass is 381 g/mol. The van der Waals surface area contributed by atoms with Gasteiger partial charge in [-0.2, -0.15) is 4.31 Å². The average molecular weight is 382 g/mol. The summed E-state index contributed by atoms with van der Waals surface area (Å²) < 4.78 is 27.7. The topological polar surface area (TPSA) is 83.7 Å². The maximum Gasteiger partial charge on any atom is 0.258 e. The highest BCUT2D eigenvalue weighted by molar-refractivity contribution is 7.89. The maximum atomic E-state index is 13.1. The lowest BCUT2D eigenvalue weighted by atomic mass is 10.1. The zero-order valence-electron chi connectivity index (χ0n) is 13.8. The highest BCUT2D eigenvalue weighted by atomic mass is 35.5. The lowest BCUT2D eigenvalue weighted by Crippen LogP contribution is -2.45. The van der Waals surface area contributed by atoms with Crippen LogP contribution in [0.4, 0.5) is 5.69 Å². The third kappa shape index (κ3) is 2.62. The Bertz CT molecular complexity index is 961. The third-order valence-electron chi connectivity index (χ3n) is 4.91. The summed E-state index contributed by atoms with van der Waals surface area (Å²) in [5.41, 5.74) is 7.25. The van der Waals surface area contributed by atoms with E-state index in [4.69, 9.17) is 5.73 Å². The molecule has 2 aliphatic heterocycles. The number of nitrogens with zero attached hydrogens (tertiary/aromatic N) is 2. The van der Waals surface area contributed by atoms with Gasteiger partial charge in [-0.05, 0) is 31.0 Å². The first-order valence-corrected chi connectivity index (χ1v) is 9.45. The van der Waals surface area contributed by atoms with Crippen LogP contribution in [0.2, 0.25) is 0 Å². The van der Waals surface area contributed by atoms with Crippen molar-refractivity contribution in [1.29, 1.82) is 0 Å². The minimum Gasteiger partial charge on any atom is -0.327 e. The number of halogens is 1. The molecule has 25 heavy (non-hydrogen) atoms. The van der Waals surface area contributed by atoms with E-state index in [-0.39, 0.29) is 29.3 Å². The van der Waals surface area contributed by atoms with E-state index in [1.165, 1.54) is 4.31 Å². The molecule has 0 bridgehead atoms. The van der Waals surface area contributed by atoms with E-state index in [1.54, 1.807) is 42.3 Å². The second kappa shape index (κ2) is 6.25. The van der Waals surface area contributed by atoms with E-state index >= 15 is 0 Å². The van der Waals surface area contributed by atoms with Crippen LogP contribution in [0.3, 0.4) is 0 Å². The molecule has 2 N–H and O–H groups in total. The fourth-order valence-corrected chi connectivity index (χ4v) is 5.39. The largest absolute Gasteiger partial charge is 0.327 e. The molecule has 2 aromatic carbocycles. The van der Waals surface area contributed by atoms with Crippen LogP contribution in [0.25, 0.3) is 10.8 Å². The van der Waals surface area contributed by atoms with E-state index in [9.17, 15) is 13.2 Å². The van der Waals surface area contributed by atoms with Crippen LogP contribution >= 0.6 is 12.4 Å². The molecule has 2 aliphatic rings. The van der Waals surface area contributed by atoms with Crippen molar-refractivity contribution >= 4 is 44.8 Å². The Hall–Kier alpha value is -1.67. The predicted molar refractivity (Wildman–Crippen MR) is 99.9 cm³/mol. The van der Waals surface area contributed by atoms with E-state index in [0.717, 1.165) is 18.5 Å². The molecule has 8 heteroatoms. The average Bonchev–Trinajstić information content (AvgIpc) is 2.82. The number of hydrogen-bond donors (Lipinski definition) is 1. The molecule has 0 spiro atoms. The summed E-state index contributed by atoms with van der Waals surface area (Å²) in [6.07, 6.45) is 1.61. The predicted octanol–water partition coefficient (Wildman–Crippen LogP) is 1.96. The van der Waals surface area contributed by atoms with Gasteiger partial charge >= 0.3 is 0 Å². The van der Waals surface area contributed by atoms with Gasteiger partial charge in [0.05, 0.1) is 10.6 Å². The Morgan fingerprint density at radius 3 is 2.68 bits per heavy atom. The van der Waals surface area contributed by atoms with Crippen molar-refractivity contribution in [2.45, 2.75) is 23.8 Å². The molecule has 1 amide bonds. The fraction of sp³-hybridized carbons (Fsp3) is 0.353. The first kappa shape index (κ1) is 18.1. The zero-order valence-corrected chi connectivity index (χ0v) is 15.4. The highest BCUT2D eigenvalue weighted by Gasteiger charge is 2.33. The van der Waals surface area contributed by atoms with Crippen LogP contribution in [0.1, 0.15) is 23.2 Å². The van der Waals surface area contributed by atoms with Crippen molar-refractivity contribution in [2.24, 2.45) is 5.73 Å². The summed E-state index contributed by atoms with van der Waals surface area (Å²) in [4.78, 5) is 14.1. The SMILES string of the molecule is CN1C(=O)c2cccc3c(S(=O)(=O)N4CCCC(N)C4)ccc1c23.Cl. The van der Waals surface area contributed by atoms with Gasteiger partial charge in [-0.1, -0.05) is 12.1 Å². The molecule has 1 unspecified atom stereocenters. The summed E-state index contributed by atoms with van der Waals surface area (Å²) in [5, 5.41) is 1.31. The number of rotatable bonds is 2. The number of amides is 1. The molecule has 0 saturated carbocycles. The first-order chi connectivity index (χ1) is 11.4. The van der Waals surface area contributed by atoms with E-state index < -0.39 is 10.0 Å². The fourth-order valence-electron chi connectivity index (χ4n) is 3.67. The Morgan fingerprint density at radius 1 is 1.20 bits per heavy atom. The van der Waals surface area contributed by atoms with Crippen LogP contribution in [0, 0.1) is 0 Å². The van der Waals surface area contributed by atoms with Gasteiger partial charge in [0, 0.05) is 42.5 Å². The Morgan fingerprint density at radius 2 is 1.96 bits per heavy atom. The van der Waals surface area contributed by atoms with E-state index in [2.05, 4.69) is 0 Å². The number of hydrogen-bond acceptors (Lipinski definition) is 4. The summed E-state index contributed by atoms with van der Waals surface area (Å²) in [5.74, 6) is -0.106.